The standard InChI is InChI=1S/C20H15F4NO2/c1-2-5-12-15(19(27)14-7-4-3-6-13(14)18(12)26)8-11-9-16(20(22,23)24)17(21)10-25-11/h3-4,6-7,9-10H,2,5,8H2,1H3. The quantitative estimate of drug-likeness (QED) is 0.708. The number of benzene rings is 1. The molecule has 0 N–H and O–H groups in total. The highest BCUT2D eigenvalue weighted by Crippen LogP contribution is 2.34. The molecule has 1 heterocycles. The molecule has 2 aromatic rings. The fourth-order valence-electron chi connectivity index (χ4n) is 3.16. The van der Waals surface area contributed by atoms with E-state index < -0.39 is 23.3 Å². The van der Waals surface area contributed by atoms with Gasteiger partial charge in [0, 0.05) is 34.4 Å². The summed E-state index contributed by atoms with van der Waals surface area (Å²) in [5, 5.41) is 0. The average molecular weight is 377 g/mol. The number of carbonyl (C=O) groups is 2. The molecule has 0 spiro atoms. The van der Waals surface area contributed by atoms with Crippen LogP contribution < -0.4 is 0 Å². The van der Waals surface area contributed by atoms with Crippen LogP contribution in [0.5, 0.6) is 0 Å². The van der Waals surface area contributed by atoms with Gasteiger partial charge in [-0.25, -0.2) is 4.39 Å². The highest BCUT2D eigenvalue weighted by Gasteiger charge is 2.36. The van der Waals surface area contributed by atoms with Crippen LogP contribution >= 0.6 is 0 Å². The Bertz CT molecular complexity index is 961. The van der Waals surface area contributed by atoms with Crippen molar-refractivity contribution in [3.05, 3.63) is 75.9 Å². The lowest BCUT2D eigenvalue weighted by Gasteiger charge is -2.21. The molecule has 1 aliphatic rings. The van der Waals surface area contributed by atoms with Crippen molar-refractivity contribution in [1.29, 1.82) is 0 Å². The van der Waals surface area contributed by atoms with E-state index in [1.165, 1.54) is 6.07 Å². The van der Waals surface area contributed by atoms with Crippen LogP contribution in [0.1, 0.15) is 51.7 Å². The Balaban J connectivity index is 2.08. The van der Waals surface area contributed by atoms with E-state index in [0.29, 0.717) is 25.1 Å². The predicted octanol–water partition coefficient (Wildman–Crippen LogP) is 4.96. The Labute approximate surface area is 152 Å². The van der Waals surface area contributed by atoms with Gasteiger partial charge in [-0.1, -0.05) is 37.6 Å². The van der Waals surface area contributed by atoms with Crippen molar-refractivity contribution in [3.63, 3.8) is 0 Å². The first-order valence-corrected chi connectivity index (χ1v) is 8.36. The summed E-state index contributed by atoms with van der Waals surface area (Å²) in [6.07, 6.45) is -3.74. The van der Waals surface area contributed by atoms with Crippen LogP contribution in [-0.2, 0) is 12.6 Å². The molecule has 0 saturated heterocycles. The van der Waals surface area contributed by atoms with Crippen LogP contribution in [0.25, 0.3) is 0 Å². The molecule has 3 rings (SSSR count). The zero-order valence-electron chi connectivity index (χ0n) is 14.4. The van der Waals surface area contributed by atoms with E-state index in [2.05, 4.69) is 4.98 Å². The predicted molar refractivity (Wildman–Crippen MR) is 89.9 cm³/mol. The molecule has 0 saturated carbocycles. The number of ketones is 2. The Morgan fingerprint density at radius 3 is 2.15 bits per heavy atom. The highest BCUT2D eigenvalue weighted by atomic mass is 19.4. The Kier molecular flexibility index (Phi) is 4.95. The normalized spacial score (nSPS) is 14.6. The summed E-state index contributed by atoms with van der Waals surface area (Å²) < 4.78 is 52.3. The fourth-order valence-corrected chi connectivity index (χ4v) is 3.16. The fraction of sp³-hybridized carbons (Fsp3) is 0.250. The summed E-state index contributed by atoms with van der Waals surface area (Å²) in [5.41, 5.74) is -0.657. The summed E-state index contributed by atoms with van der Waals surface area (Å²) in [6, 6.07) is 6.92. The van der Waals surface area contributed by atoms with Gasteiger partial charge in [-0.2, -0.15) is 13.2 Å². The molecule has 7 heteroatoms. The molecule has 1 aliphatic carbocycles. The maximum atomic E-state index is 13.5. The molecular formula is C20H15F4NO2. The number of pyridine rings is 1. The lowest BCUT2D eigenvalue weighted by Crippen LogP contribution is -2.23. The van der Waals surface area contributed by atoms with Crippen LogP contribution in [0.3, 0.4) is 0 Å². The Morgan fingerprint density at radius 1 is 1.00 bits per heavy atom. The number of hydrogen-bond acceptors (Lipinski definition) is 3. The molecule has 1 aromatic heterocycles. The van der Waals surface area contributed by atoms with Gasteiger partial charge in [-0.3, -0.25) is 14.6 Å². The zero-order chi connectivity index (χ0) is 19.8. The second-order valence-corrected chi connectivity index (χ2v) is 6.24. The van der Waals surface area contributed by atoms with Crippen molar-refractivity contribution in [1.82, 2.24) is 4.98 Å². The van der Waals surface area contributed by atoms with Crippen molar-refractivity contribution in [2.75, 3.05) is 0 Å². The van der Waals surface area contributed by atoms with Gasteiger partial charge >= 0.3 is 6.18 Å². The lowest BCUT2D eigenvalue weighted by molar-refractivity contribution is -0.140. The molecule has 0 radical (unpaired) electrons. The van der Waals surface area contributed by atoms with Gasteiger partial charge in [-0.05, 0) is 12.5 Å². The smallest absolute Gasteiger partial charge is 0.289 e. The van der Waals surface area contributed by atoms with Crippen molar-refractivity contribution in [2.45, 2.75) is 32.4 Å². The van der Waals surface area contributed by atoms with Crippen molar-refractivity contribution in [3.8, 4) is 0 Å². The molecular weight excluding hydrogens is 362 g/mol. The Hall–Kier alpha value is -2.83. The highest BCUT2D eigenvalue weighted by molar-refractivity contribution is 6.27. The number of fused-ring (bicyclic) bond motifs is 1. The number of nitrogens with zero attached hydrogens (tertiary/aromatic N) is 1. The summed E-state index contributed by atoms with van der Waals surface area (Å²) >= 11 is 0. The van der Waals surface area contributed by atoms with Gasteiger partial charge < -0.3 is 0 Å². The summed E-state index contributed by atoms with van der Waals surface area (Å²) in [7, 11) is 0. The lowest BCUT2D eigenvalue weighted by atomic mass is 9.80. The molecule has 0 fully saturated rings. The maximum Gasteiger partial charge on any atom is 0.419 e. The van der Waals surface area contributed by atoms with Gasteiger partial charge in [-0.15, -0.1) is 0 Å². The molecule has 140 valence electrons. The second kappa shape index (κ2) is 7.06. The summed E-state index contributed by atoms with van der Waals surface area (Å²) in [4.78, 5) is 29.3. The SMILES string of the molecule is CCCC1=C(Cc2cc(C(F)(F)F)c(F)cn2)C(=O)c2ccccc2C1=O. The number of halogens is 4. The largest absolute Gasteiger partial charge is 0.419 e. The molecule has 0 unspecified atom stereocenters. The Morgan fingerprint density at radius 2 is 1.59 bits per heavy atom. The summed E-state index contributed by atoms with van der Waals surface area (Å²) in [6.45, 7) is 1.83. The third kappa shape index (κ3) is 3.54. The first kappa shape index (κ1) is 18.9. The number of Topliss-reactive ketones (excluding diaryl/α,β-unsaturated/α-hetero) is 2. The van der Waals surface area contributed by atoms with E-state index in [1.54, 1.807) is 18.2 Å². The molecule has 1 aromatic carbocycles. The van der Waals surface area contributed by atoms with Gasteiger partial charge in [0.15, 0.2) is 17.4 Å². The first-order chi connectivity index (χ1) is 12.7. The number of aromatic nitrogens is 1. The van der Waals surface area contributed by atoms with Gasteiger partial charge in [0.05, 0.1) is 11.8 Å². The average Bonchev–Trinajstić information content (AvgIpc) is 2.63. The van der Waals surface area contributed by atoms with E-state index >= 15 is 0 Å². The second-order valence-electron chi connectivity index (χ2n) is 6.24. The third-order valence-electron chi connectivity index (χ3n) is 4.40. The van der Waals surface area contributed by atoms with E-state index in [9.17, 15) is 27.2 Å². The van der Waals surface area contributed by atoms with Crippen LogP contribution in [-0.4, -0.2) is 16.6 Å². The number of alkyl halides is 3. The van der Waals surface area contributed by atoms with Crippen LogP contribution in [0.2, 0.25) is 0 Å². The minimum absolute atomic E-state index is 0.118. The molecule has 0 bridgehead atoms. The number of hydrogen-bond donors (Lipinski definition) is 0. The minimum Gasteiger partial charge on any atom is -0.289 e. The monoisotopic (exact) mass is 377 g/mol. The molecule has 27 heavy (non-hydrogen) atoms. The summed E-state index contributed by atoms with van der Waals surface area (Å²) in [5.74, 6) is -2.20. The van der Waals surface area contributed by atoms with Crippen LogP contribution in [0, 0.1) is 5.82 Å². The van der Waals surface area contributed by atoms with Gasteiger partial charge in [0.1, 0.15) is 0 Å². The van der Waals surface area contributed by atoms with Crippen molar-refractivity contribution >= 4 is 11.6 Å². The van der Waals surface area contributed by atoms with Crippen molar-refractivity contribution < 1.29 is 27.2 Å². The molecule has 0 amide bonds. The third-order valence-corrected chi connectivity index (χ3v) is 4.40. The van der Waals surface area contributed by atoms with Gasteiger partial charge in [0.25, 0.3) is 0 Å². The van der Waals surface area contributed by atoms with Crippen LogP contribution in [0.15, 0.2) is 47.7 Å². The van der Waals surface area contributed by atoms with Crippen molar-refractivity contribution in [2.24, 2.45) is 0 Å². The molecule has 0 aliphatic heterocycles. The van der Waals surface area contributed by atoms with E-state index in [4.69, 9.17) is 0 Å². The minimum atomic E-state index is -4.87. The maximum absolute atomic E-state index is 13.5. The van der Waals surface area contributed by atoms with E-state index in [1.807, 2.05) is 6.92 Å². The first-order valence-electron chi connectivity index (χ1n) is 8.36. The van der Waals surface area contributed by atoms with E-state index in [0.717, 1.165) is 0 Å². The van der Waals surface area contributed by atoms with Crippen LogP contribution in [0.4, 0.5) is 17.6 Å². The topological polar surface area (TPSA) is 47.0 Å². The van der Waals surface area contributed by atoms with Gasteiger partial charge in [0.2, 0.25) is 0 Å². The van der Waals surface area contributed by atoms with E-state index in [-0.39, 0.29) is 40.2 Å². The number of carbonyl (C=O) groups excluding carboxylic acids is 2. The zero-order valence-corrected chi connectivity index (χ0v) is 14.4. The number of allylic oxidation sites excluding steroid dienone is 2. The molecule has 3 nitrogen and oxygen atoms in total. The number of rotatable bonds is 4. The molecule has 0 atom stereocenters.